The third kappa shape index (κ3) is 3.55. The minimum atomic E-state index is 0.532. The topological polar surface area (TPSA) is 38.7 Å². The van der Waals surface area contributed by atoms with Crippen LogP contribution in [0.25, 0.3) is 44.5 Å². The lowest BCUT2D eigenvalue weighted by molar-refractivity contribution is 1.13. The van der Waals surface area contributed by atoms with E-state index in [0.717, 1.165) is 27.8 Å². The molecule has 0 atom stereocenters. The summed E-state index contributed by atoms with van der Waals surface area (Å²) in [6.45, 7) is 0. The maximum atomic E-state index is 4.71. The van der Waals surface area contributed by atoms with Gasteiger partial charge in [0.1, 0.15) is 0 Å². The molecule has 2 aromatic heterocycles. The smallest absolute Gasteiger partial charge is 0.199 e. The Morgan fingerprint density at radius 2 is 1.14 bits per heavy atom. The molecule has 138 valence electrons. The van der Waals surface area contributed by atoms with E-state index in [1.165, 1.54) is 11.1 Å². The van der Waals surface area contributed by atoms with Crippen LogP contribution in [0.2, 0.25) is 0 Å². The van der Waals surface area contributed by atoms with Crippen molar-refractivity contribution in [3.63, 3.8) is 0 Å². The fourth-order valence-electron chi connectivity index (χ4n) is 3.51. The van der Waals surface area contributed by atoms with Gasteiger partial charge in [-0.15, -0.1) is 0 Å². The fourth-order valence-corrected chi connectivity index (χ4v) is 3.86. The average molecular weight is 438 g/mol. The Hall–Kier alpha value is -3.37. The van der Waals surface area contributed by atoms with Crippen LogP contribution in [-0.4, -0.2) is 15.0 Å². The van der Waals surface area contributed by atoms with Gasteiger partial charge in [0.25, 0.3) is 0 Å². The predicted octanol–water partition coefficient (Wildman–Crippen LogP) is 6.79. The molecule has 0 saturated carbocycles. The second kappa shape index (κ2) is 7.57. The third-order valence-corrected chi connectivity index (χ3v) is 5.22. The minimum Gasteiger partial charge on any atom is -0.236 e. The maximum absolute atomic E-state index is 4.71. The third-order valence-electron chi connectivity index (χ3n) is 4.86. The molecule has 0 saturated heterocycles. The van der Waals surface area contributed by atoms with E-state index in [-0.39, 0.29) is 0 Å². The molecule has 0 amide bonds. The van der Waals surface area contributed by atoms with E-state index >= 15 is 0 Å². The first kappa shape index (κ1) is 17.7. The van der Waals surface area contributed by atoms with Gasteiger partial charge in [-0.25, -0.2) is 15.0 Å². The standard InChI is InChI=1S/C25H16BrN3/c26-25-28-23(22-12-7-13-27-24(22)29-25)21-15-19(17-8-3-1-4-9-17)14-20(16-21)18-10-5-2-6-11-18/h1-16H. The number of halogens is 1. The number of hydrogen-bond acceptors (Lipinski definition) is 3. The van der Waals surface area contributed by atoms with Crippen molar-refractivity contribution in [1.29, 1.82) is 0 Å². The number of hydrogen-bond donors (Lipinski definition) is 0. The van der Waals surface area contributed by atoms with Gasteiger partial charge in [-0.05, 0) is 68.5 Å². The zero-order valence-electron chi connectivity index (χ0n) is 15.5. The van der Waals surface area contributed by atoms with Crippen LogP contribution in [0.15, 0.2) is 102 Å². The van der Waals surface area contributed by atoms with E-state index in [2.05, 4.69) is 92.6 Å². The second-order valence-electron chi connectivity index (χ2n) is 6.75. The summed E-state index contributed by atoms with van der Waals surface area (Å²) in [5.41, 5.74) is 7.21. The molecular weight excluding hydrogens is 422 g/mol. The van der Waals surface area contributed by atoms with Gasteiger partial charge < -0.3 is 0 Å². The summed E-state index contributed by atoms with van der Waals surface area (Å²) in [6, 6.07) is 31.4. The Morgan fingerprint density at radius 3 is 1.76 bits per heavy atom. The summed E-state index contributed by atoms with van der Waals surface area (Å²) in [5, 5.41) is 0.930. The average Bonchev–Trinajstić information content (AvgIpc) is 2.79. The Balaban J connectivity index is 1.80. The molecule has 0 fully saturated rings. The molecule has 0 N–H and O–H groups in total. The van der Waals surface area contributed by atoms with E-state index in [4.69, 9.17) is 4.98 Å². The minimum absolute atomic E-state index is 0.532. The molecule has 3 nitrogen and oxygen atoms in total. The normalized spacial score (nSPS) is 10.9. The van der Waals surface area contributed by atoms with E-state index in [9.17, 15) is 0 Å². The quantitative estimate of drug-likeness (QED) is 0.291. The summed E-state index contributed by atoms with van der Waals surface area (Å²) in [4.78, 5) is 13.5. The van der Waals surface area contributed by atoms with Crippen LogP contribution < -0.4 is 0 Å². The molecule has 29 heavy (non-hydrogen) atoms. The highest BCUT2D eigenvalue weighted by Crippen LogP contribution is 2.34. The van der Waals surface area contributed by atoms with E-state index < -0.39 is 0 Å². The molecule has 5 aromatic rings. The fraction of sp³-hybridized carbons (Fsp3) is 0. The van der Waals surface area contributed by atoms with E-state index in [0.29, 0.717) is 10.4 Å². The van der Waals surface area contributed by atoms with Crippen molar-refractivity contribution in [2.45, 2.75) is 0 Å². The van der Waals surface area contributed by atoms with Crippen molar-refractivity contribution in [3.8, 4) is 33.5 Å². The van der Waals surface area contributed by atoms with Gasteiger partial charge in [-0.3, -0.25) is 0 Å². The Morgan fingerprint density at radius 1 is 0.552 bits per heavy atom. The number of pyridine rings is 1. The molecule has 4 heteroatoms. The maximum Gasteiger partial charge on any atom is 0.199 e. The number of rotatable bonds is 3. The Kier molecular flexibility index (Phi) is 4.62. The number of benzene rings is 3. The van der Waals surface area contributed by atoms with E-state index in [1.807, 2.05) is 24.3 Å². The first-order valence-electron chi connectivity index (χ1n) is 9.32. The van der Waals surface area contributed by atoms with Crippen molar-refractivity contribution in [2.75, 3.05) is 0 Å². The first-order valence-corrected chi connectivity index (χ1v) is 10.1. The van der Waals surface area contributed by atoms with Crippen LogP contribution >= 0.6 is 15.9 Å². The molecule has 0 unspecified atom stereocenters. The zero-order chi connectivity index (χ0) is 19.6. The highest BCUT2D eigenvalue weighted by Gasteiger charge is 2.13. The highest BCUT2D eigenvalue weighted by atomic mass is 79.9. The summed E-state index contributed by atoms with van der Waals surface area (Å²) >= 11 is 3.45. The van der Waals surface area contributed by atoms with E-state index in [1.54, 1.807) is 6.20 Å². The monoisotopic (exact) mass is 437 g/mol. The van der Waals surface area contributed by atoms with Crippen molar-refractivity contribution in [3.05, 3.63) is 102 Å². The Labute approximate surface area is 177 Å². The number of aromatic nitrogens is 3. The predicted molar refractivity (Wildman–Crippen MR) is 121 cm³/mol. The largest absolute Gasteiger partial charge is 0.236 e. The van der Waals surface area contributed by atoms with Crippen LogP contribution in [0.4, 0.5) is 0 Å². The Bertz CT molecular complexity index is 1240. The van der Waals surface area contributed by atoms with Gasteiger partial charge in [0, 0.05) is 17.1 Å². The van der Waals surface area contributed by atoms with Gasteiger partial charge in [0.2, 0.25) is 0 Å². The van der Waals surface area contributed by atoms with Crippen molar-refractivity contribution in [1.82, 2.24) is 15.0 Å². The van der Waals surface area contributed by atoms with Gasteiger partial charge in [0.05, 0.1) is 5.69 Å². The van der Waals surface area contributed by atoms with Crippen molar-refractivity contribution in [2.24, 2.45) is 0 Å². The van der Waals surface area contributed by atoms with Crippen LogP contribution in [0.3, 0.4) is 0 Å². The number of nitrogens with zero attached hydrogens (tertiary/aromatic N) is 3. The molecule has 0 aliphatic rings. The first-order chi connectivity index (χ1) is 14.3. The van der Waals surface area contributed by atoms with Gasteiger partial charge in [0.15, 0.2) is 10.4 Å². The molecule has 0 bridgehead atoms. The number of fused-ring (bicyclic) bond motifs is 1. The second-order valence-corrected chi connectivity index (χ2v) is 7.46. The van der Waals surface area contributed by atoms with Crippen LogP contribution in [0.5, 0.6) is 0 Å². The summed E-state index contributed by atoms with van der Waals surface area (Å²) in [6.07, 6.45) is 1.75. The summed E-state index contributed by atoms with van der Waals surface area (Å²) in [5.74, 6) is 0. The molecule has 3 aromatic carbocycles. The molecule has 0 spiro atoms. The van der Waals surface area contributed by atoms with Crippen LogP contribution in [0, 0.1) is 0 Å². The lowest BCUT2D eigenvalue weighted by atomic mass is 9.94. The molecule has 0 radical (unpaired) electrons. The molecular formula is C25H16BrN3. The zero-order valence-corrected chi connectivity index (χ0v) is 17.0. The molecule has 2 heterocycles. The van der Waals surface area contributed by atoms with Gasteiger partial charge >= 0.3 is 0 Å². The highest BCUT2D eigenvalue weighted by molar-refractivity contribution is 9.10. The lowest BCUT2D eigenvalue weighted by Gasteiger charge is -2.12. The van der Waals surface area contributed by atoms with Gasteiger partial charge in [-0.2, -0.15) is 0 Å². The summed E-state index contributed by atoms with van der Waals surface area (Å²) < 4.78 is 0.532. The van der Waals surface area contributed by atoms with Crippen LogP contribution in [0.1, 0.15) is 0 Å². The molecule has 0 aliphatic heterocycles. The van der Waals surface area contributed by atoms with Crippen molar-refractivity contribution < 1.29 is 0 Å². The van der Waals surface area contributed by atoms with Gasteiger partial charge in [-0.1, -0.05) is 60.7 Å². The molecule has 0 aliphatic carbocycles. The SMILES string of the molecule is Brc1nc(-c2cc(-c3ccccc3)cc(-c3ccccc3)c2)c2cccnc2n1. The van der Waals surface area contributed by atoms with Crippen LogP contribution in [-0.2, 0) is 0 Å². The summed E-state index contributed by atoms with van der Waals surface area (Å²) in [7, 11) is 0. The molecule has 5 rings (SSSR count). The van der Waals surface area contributed by atoms with Crippen molar-refractivity contribution >= 4 is 27.0 Å². The lowest BCUT2D eigenvalue weighted by Crippen LogP contribution is -1.94.